The molecule has 0 N–H and O–H groups in total. The van der Waals surface area contributed by atoms with Crippen LogP contribution in [0, 0.1) is 0 Å². The highest BCUT2D eigenvalue weighted by molar-refractivity contribution is 9.11. The molecule has 0 fully saturated rings. The number of benzene rings is 3. The maximum atomic E-state index is 12.7. The Balaban J connectivity index is 2.12. The summed E-state index contributed by atoms with van der Waals surface area (Å²) in [7, 11) is -3.97. The van der Waals surface area contributed by atoms with Crippen molar-refractivity contribution in [1.82, 2.24) is 0 Å². The predicted octanol–water partition coefficient (Wildman–Crippen LogP) is 5.90. The smallest absolute Gasteiger partial charge is 0.339 e. The van der Waals surface area contributed by atoms with Gasteiger partial charge >= 0.3 is 10.1 Å². The van der Waals surface area contributed by atoms with Crippen LogP contribution in [0.15, 0.2) is 72.9 Å². The van der Waals surface area contributed by atoms with Gasteiger partial charge in [-0.2, -0.15) is 8.42 Å². The summed E-state index contributed by atoms with van der Waals surface area (Å²) in [5, 5.41) is 1.46. The molecule has 7 heteroatoms. The fraction of sp³-hybridized carbons (Fsp3) is 0. The van der Waals surface area contributed by atoms with Crippen molar-refractivity contribution >= 4 is 68.7 Å². The van der Waals surface area contributed by atoms with Gasteiger partial charge in [-0.25, -0.2) is 0 Å². The van der Waals surface area contributed by atoms with E-state index in [1.807, 2.05) is 18.2 Å². The van der Waals surface area contributed by atoms with Gasteiger partial charge in [0.1, 0.15) is 4.90 Å². The molecule has 0 spiro atoms. The van der Waals surface area contributed by atoms with Crippen molar-refractivity contribution < 1.29 is 12.6 Å². The van der Waals surface area contributed by atoms with Crippen LogP contribution in [-0.4, -0.2) is 8.42 Å². The molecule has 0 aromatic heterocycles. The number of hydrogen-bond donors (Lipinski definition) is 0. The SMILES string of the molecule is O=S(=O)(Oc1c(Br)cc(Br)cc1Br)c1cccc2ccccc12. The minimum absolute atomic E-state index is 0.136. The molecule has 0 aliphatic rings. The van der Waals surface area contributed by atoms with E-state index in [0.717, 1.165) is 9.86 Å². The van der Waals surface area contributed by atoms with Gasteiger partial charge in [0, 0.05) is 9.86 Å². The van der Waals surface area contributed by atoms with Crippen molar-refractivity contribution in [2.45, 2.75) is 4.90 Å². The average Bonchev–Trinajstić information content (AvgIpc) is 2.50. The fourth-order valence-electron chi connectivity index (χ4n) is 2.18. The highest BCUT2D eigenvalue weighted by Crippen LogP contribution is 2.38. The van der Waals surface area contributed by atoms with E-state index in [9.17, 15) is 8.42 Å². The van der Waals surface area contributed by atoms with Crippen molar-refractivity contribution in [2.75, 3.05) is 0 Å². The Hall–Kier alpha value is -0.890. The lowest BCUT2D eigenvalue weighted by molar-refractivity contribution is 0.484. The van der Waals surface area contributed by atoms with E-state index < -0.39 is 10.1 Å². The van der Waals surface area contributed by atoms with Gasteiger partial charge in [-0.1, -0.05) is 52.3 Å². The van der Waals surface area contributed by atoms with E-state index >= 15 is 0 Å². The maximum Gasteiger partial charge on any atom is 0.339 e. The Morgan fingerprint density at radius 2 is 1.43 bits per heavy atom. The second-order valence-electron chi connectivity index (χ2n) is 4.71. The van der Waals surface area contributed by atoms with Crippen LogP contribution < -0.4 is 4.18 Å². The average molecular weight is 521 g/mol. The van der Waals surface area contributed by atoms with Gasteiger partial charge in [0.05, 0.1) is 8.95 Å². The first kappa shape index (κ1) is 17.0. The van der Waals surface area contributed by atoms with Crippen molar-refractivity contribution in [2.24, 2.45) is 0 Å². The number of halogens is 3. The van der Waals surface area contributed by atoms with E-state index in [4.69, 9.17) is 4.18 Å². The Bertz CT molecular complexity index is 972. The molecule has 3 rings (SSSR count). The van der Waals surface area contributed by atoms with Crippen LogP contribution in [0.2, 0.25) is 0 Å². The third kappa shape index (κ3) is 3.47. The Labute approximate surface area is 159 Å². The van der Waals surface area contributed by atoms with Crippen LogP contribution in [0.25, 0.3) is 10.8 Å². The number of fused-ring (bicyclic) bond motifs is 1. The lowest BCUT2D eigenvalue weighted by Crippen LogP contribution is -2.11. The summed E-state index contributed by atoms with van der Waals surface area (Å²) in [6.07, 6.45) is 0. The van der Waals surface area contributed by atoms with E-state index in [1.54, 1.807) is 36.4 Å². The second-order valence-corrected chi connectivity index (χ2v) is 8.85. The molecule has 0 aliphatic carbocycles. The summed E-state index contributed by atoms with van der Waals surface area (Å²) in [5.74, 6) is 0.209. The fourth-order valence-corrected chi connectivity index (χ4v) is 6.00. The first-order valence-electron chi connectivity index (χ1n) is 6.45. The van der Waals surface area contributed by atoms with Crippen molar-refractivity contribution in [3.63, 3.8) is 0 Å². The molecular weight excluding hydrogens is 512 g/mol. The maximum absolute atomic E-state index is 12.7. The molecular formula is C16H9Br3O3S. The summed E-state index contributed by atoms with van der Waals surface area (Å²) in [5.41, 5.74) is 0. The number of hydrogen-bond acceptors (Lipinski definition) is 3. The third-order valence-electron chi connectivity index (χ3n) is 3.18. The molecule has 0 radical (unpaired) electrons. The van der Waals surface area contributed by atoms with Crippen molar-refractivity contribution in [1.29, 1.82) is 0 Å². The summed E-state index contributed by atoms with van der Waals surface area (Å²) in [6, 6.07) is 15.8. The Morgan fingerprint density at radius 3 is 2.13 bits per heavy atom. The molecule has 0 heterocycles. The molecule has 3 nitrogen and oxygen atoms in total. The van der Waals surface area contributed by atoms with Crippen LogP contribution >= 0.6 is 47.8 Å². The zero-order valence-electron chi connectivity index (χ0n) is 11.5. The third-order valence-corrected chi connectivity index (χ3v) is 6.09. The lowest BCUT2D eigenvalue weighted by atomic mass is 10.1. The predicted molar refractivity (Wildman–Crippen MR) is 101 cm³/mol. The van der Waals surface area contributed by atoms with Crippen LogP contribution in [0.5, 0.6) is 5.75 Å². The molecule has 118 valence electrons. The van der Waals surface area contributed by atoms with Gasteiger partial charge in [0.25, 0.3) is 0 Å². The van der Waals surface area contributed by atoms with E-state index in [-0.39, 0.29) is 10.6 Å². The lowest BCUT2D eigenvalue weighted by Gasteiger charge is -2.12. The quantitative estimate of drug-likeness (QED) is 0.404. The Morgan fingerprint density at radius 1 is 0.826 bits per heavy atom. The molecule has 0 atom stereocenters. The zero-order valence-corrected chi connectivity index (χ0v) is 17.0. The largest absolute Gasteiger partial charge is 0.377 e. The molecule has 0 saturated heterocycles. The standard InChI is InChI=1S/C16H9Br3O3S/c17-11-8-13(18)16(14(19)9-11)22-23(20,21)15-7-3-5-10-4-1-2-6-12(10)15/h1-9H. The topological polar surface area (TPSA) is 43.4 Å². The van der Waals surface area contributed by atoms with Gasteiger partial charge < -0.3 is 4.18 Å². The van der Waals surface area contributed by atoms with Gasteiger partial charge in [-0.15, -0.1) is 0 Å². The molecule has 0 amide bonds. The molecule has 0 aliphatic heterocycles. The van der Waals surface area contributed by atoms with Gasteiger partial charge in [0.15, 0.2) is 5.75 Å². The van der Waals surface area contributed by atoms with Crippen molar-refractivity contribution in [3.05, 3.63) is 68.0 Å². The monoisotopic (exact) mass is 518 g/mol. The number of rotatable bonds is 3. The van der Waals surface area contributed by atoms with Crippen molar-refractivity contribution in [3.8, 4) is 5.75 Å². The van der Waals surface area contributed by atoms with Crippen LogP contribution in [0.4, 0.5) is 0 Å². The van der Waals surface area contributed by atoms with Crippen LogP contribution in [-0.2, 0) is 10.1 Å². The van der Waals surface area contributed by atoms with Gasteiger partial charge in [-0.05, 0) is 55.4 Å². The molecule has 0 saturated carbocycles. The highest BCUT2D eigenvalue weighted by Gasteiger charge is 2.22. The minimum Gasteiger partial charge on any atom is -0.377 e. The summed E-state index contributed by atoms with van der Waals surface area (Å²) < 4.78 is 32.7. The van der Waals surface area contributed by atoms with E-state index in [2.05, 4.69) is 47.8 Å². The molecule has 23 heavy (non-hydrogen) atoms. The summed E-state index contributed by atoms with van der Waals surface area (Å²) >= 11 is 9.99. The zero-order chi connectivity index (χ0) is 16.6. The van der Waals surface area contributed by atoms with Crippen LogP contribution in [0.3, 0.4) is 0 Å². The first-order chi connectivity index (χ1) is 10.9. The first-order valence-corrected chi connectivity index (χ1v) is 10.2. The summed E-state index contributed by atoms with van der Waals surface area (Å²) in [4.78, 5) is 0.136. The molecule has 0 bridgehead atoms. The van der Waals surface area contributed by atoms with E-state index in [0.29, 0.717) is 14.3 Å². The molecule has 3 aromatic carbocycles. The Kier molecular flexibility index (Phi) is 4.83. The highest BCUT2D eigenvalue weighted by atomic mass is 79.9. The van der Waals surface area contributed by atoms with Gasteiger partial charge in [0.2, 0.25) is 0 Å². The minimum atomic E-state index is -3.97. The molecule has 0 unspecified atom stereocenters. The van der Waals surface area contributed by atoms with E-state index in [1.165, 1.54) is 0 Å². The van der Waals surface area contributed by atoms with Gasteiger partial charge in [-0.3, -0.25) is 0 Å². The van der Waals surface area contributed by atoms with Crippen LogP contribution in [0.1, 0.15) is 0 Å². The summed E-state index contributed by atoms with van der Waals surface area (Å²) in [6.45, 7) is 0. The second kappa shape index (κ2) is 6.55. The molecule has 3 aromatic rings. The normalized spacial score (nSPS) is 11.6.